The zero-order chi connectivity index (χ0) is 63.2. The Morgan fingerprint density at radius 1 is 0.636 bits per heavy atom. The summed E-state index contributed by atoms with van der Waals surface area (Å²) in [6, 6.07) is 4.35. The zero-order valence-electron chi connectivity index (χ0n) is 56.5. The molecular formula is C74H121NO13. The van der Waals surface area contributed by atoms with Gasteiger partial charge in [-0.2, -0.15) is 0 Å². The predicted molar refractivity (Wildman–Crippen MR) is 345 cm³/mol. The minimum absolute atomic E-state index is 0.00598. The Labute approximate surface area is 531 Å². The maximum absolute atomic E-state index is 13.7. The van der Waals surface area contributed by atoms with Crippen molar-refractivity contribution >= 4 is 29.8 Å². The second-order valence-electron chi connectivity index (χ2n) is 29.5. The third-order valence-electron chi connectivity index (χ3n) is 22.0. The lowest BCUT2D eigenvalue weighted by Gasteiger charge is -2.75. The second kappa shape index (κ2) is 34.8. The van der Waals surface area contributed by atoms with Crippen LogP contribution in [0.5, 0.6) is 11.5 Å². The first-order valence-electron chi connectivity index (χ1n) is 36.1. The molecule has 14 heteroatoms. The molecular weight excluding hydrogens is 1110 g/mol. The third kappa shape index (κ3) is 18.7. The van der Waals surface area contributed by atoms with Crippen molar-refractivity contribution in [3.63, 3.8) is 0 Å². The number of esters is 5. The van der Waals surface area contributed by atoms with E-state index in [1.165, 1.54) is 152 Å². The summed E-state index contributed by atoms with van der Waals surface area (Å²) in [6.07, 6.45) is 37.7. The van der Waals surface area contributed by atoms with Crippen LogP contribution in [0.4, 0.5) is 0 Å². The first kappa shape index (κ1) is 71.7. The highest BCUT2D eigenvalue weighted by atomic mass is 16.6. The number of benzene rings is 1. The Morgan fingerprint density at radius 3 is 1.66 bits per heavy atom. The molecule has 2 unspecified atom stereocenters. The van der Waals surface area contributed by atoms with Gasteiger partial charge in [0.1, 0.15) is 24.9 Å². The molecule has 0 aromatic heterocycles. The number of hydrogen-bond donors (Lipinski definition) is 1. The quantitative estimate of drug-likeness (QED) is 0.0283. The molecule has 14 nitrogen and oxygen atoms in total. The molecule has 8 rings (SSSR count). The molecule has 5 fully saturated rings. The van der Waals surface area contributed by atoms with Crippen molar-refractivity contribution in [3.8, 4) is 11.5 Å². The van der Waals surface area contributed by atoms with E-state index in [-0.39, 0.29) is 93.1 Å². The summed E-state index contributed by atoms with van der Waals surface area (Å²) in [6.45, 7) is 16.3. The molecule has 0 amide bonds. The Kier molecular flexibility index (Phi) is 28.3. The van der Waals surface area contributed by atoms with Crippen LogP contribution >= 0.6 is 0 Å². The van der Waals surface area contributed by atoms with Crippen LogP contribution in [0.25, 0.3) is 0 Å². The number of fused-ring (bicyclic) bond motifs is 2. The van der Waals surface area contributed by atoms with Crippen molar-refractivity contribution < 1.29 is 62.2 Å². The molecule has 2 aliphatic heterocycles. The Bertz CT molecular complexity index is 2300. The van der Waals surface area contributed by atoms with Crippen LogP contribution < -0.4 is 9.47 Å². The molecule has 1 aromatic carbocycles. The second-order valence-corrected chi connectivity index (χ2v) is 29.5. The summed E-state index contributed by atoms with van der Waals surface area (Å²) in [5.74, 6) is -1.13. The lowest BCUT2D eigenvalue weighted by atomic mass is 9.33. The molecule has 0 radical (unpaired) electrons. The number of ether oxygens (including phenoxy) is 7. The lowest BCUT2D eigenvalue weighted by molar-refractivity contribution is -0.312. The first-order chi connectivity index (χ1) is 42.3. The monoisotopic (exact) mass is 1230 g/mol. The molecule has 1 aromatic rings. The fraction of sp³-hybridized carbons (Fsp3) is 0.851. The number of nitrogens with zero attached hydrogens (tertiary/aromatic N) is 1. The van der Waals surface area contributed by atoms with E-state index < -0.39 is 46.5 Å². The largest absolute Gasteiger partial charge is 0.482 e. The van der Waals surface area contributed by atoms with Gasteiger partial charge in [0.05, 0.1) is 12.2 Å². The molecule has 5 aliphatic carbocycles. The Hall–Kier alpha value is -3.75. The lowest BCUT2D eigenvalue weighted by Crippen LogP contribution is -2.83. The van der Waals surface area contributed by atoms with Crippen LogP contribution in [0.1, 0.15) is 304 Å². The smallest absolute Gasteiger partial charge is 0.311 e. The highest BCUT2D eigenvalue weighted by molar-refractivity contribution is 5.76. The van der Waals surface area contributed by atoms with Crippen LogP contribution in [0.3, 0.4) is 0 Å². The molecule has 1 N–H and O–H groups in total. The van der Waals surface area contributed by atoms with E-state index in [0.717, 1.165) is 89.6 Å². The summed E-state index contributed by atoms with van der Waals surface area (Å²) in [5.41, 5.74) is -0.255. The highest BCUT2D eigenvalue weighted by Gasteiger charge is 2.82. The van der Waals surface area contributed by atoms with Gasteiger partial charge >= 0.3 is 29.8 Å². The van der Waals surface area contributed by atoms with Crippen molar-refractivity contribution in [1.29, 1.82) is 0 Å². The van der Waals surface area contributed by atoms with Gasteiger partial charge in [0.15, 0.2) is 17.6 Å². The van der Waals surface area contributed by atoms with Gasteiger partial charge in [-0.05, 0) is 107 Å². The van der Waals surface area contributed by atoms with Gasteiger partial charge in [-0.15, -0.1) is 0 Å². The van der Waals surface area contributed by atoms with Gasteiger partial charge in [-0.1, -0.05) is 202 Å². The number of rotatable bonds is 46. The molecule has 2 spiro atoms. The number of methoxy groups -OCH3 is 1. The number of carbonyl (C=O) groups is 5. The Balaban J connectivity index is 0.842. The number of carbonyl (C=O) groups excluding carboxylic acids is 5. The van der Waals surface area contributed by atoms with Gasteiger partial charge in [0.2, 0.25) is 0 Å². The SMILES string of the molecule is CCCCCCCCCCCCCCCC(=O)OCC(COC(=O)CCCCCCCCCCCCCCC)OC(=O)CC(C)CC(=O)OCCCC(=O)Oc1ccc2c3c1O[C@H]1[C@@]4(OC)CC[C@@]5(C[C@@H]4[C@](C)(O)C(C)(C)C)C(C2)N(CC2CC2)CC[C@]315. The van der Waals surface area contributed by atoms with Crippen molar-refractivity contribution in [2.45, 2.75) is 334 Å². The summed E-state index contributed by atoms with van der Waals surface area (Å²) < 4.78 is 42.8. The van der Waals surface area contributed by atoms with Crippen LogP contribution in [-0.2, 0) is 59.5 Å². The van der Waals surface area contributed by atoms with Crippen molar-refractivity contribution in [2.24, 2.45) is 28.6 Å². The number of unbranched alkanes of at least 4 members (excludes halogenated alkanes) is 24. The minimum Gasteiger partial charge on any atom is -0.482 e. The molecule has 500 valence electrons. The normalized spacial score (nSPS) is 24.3. The maximum Gasteiger partial charge on any atom is 0.311 e. The van der Waals surface area contributed by atoms with E-state index in [9.17, 15) is 29.1 Å². The van der Waals surface area contributed by atoms with E-state index in [1.54, 1.807) is 14.0 Å². The fourth-order valence-corrected chi connectivity index (χ4v) is 16.4. The van der Waals surface area contributed by atoms with Crippen LogP contribution in [0, 0.1) is 28.6 Å². The van der Waals surface area contributed by atoms with Crippen LogP contribution in [0.2, 0.25) is 0 Å². The standard InChI is InChI=1S/C74H121NO13/c1-9-11-13-15-17-19-21-23-25-27-29-31-33-36-62(76)84-53-58(54-85-63(77)37-34-32-30-28-26-24-22-20-18-16-14-12-10-2)86-66(80)49-55(3)48-65(79)83-47-35-38-64(78)87-59-42-41-57-50-61-72-43-44-74(82-8,60(51-72)71(7,81)70(4,5)6)69-73(72,67(57)68(59)88-69)45-46-75(61)52-56-39-40-56/h41-42,55-56,58,60-61,69,81H,9-40,43-54H2,1-8H3/t55?,60-,61?,69-,71+,72-,73+,74-/m1/s1. The van der Waals surface area contributed by atoms with Gasteiger partial charge < -0.3 is 38.3 Å². The predicted octanol–water partition coefficient (Wildman–Crippen LogP) is 16.3. The highest BCUT2D eigenvalue weighted by Crippen LogP contribution is 2.78. The molecule has 2 heterocycles. The van der Waals surface area contributed by atoms with E-state index in [0.29, 0.717) is 17.5 Å². The maximum atomic E-state index is 13.7. The molecule has 4 bridgehead atoms. The average molecular weight is 1230 g/mol. The molecule has 8 atom stereocenters. The fourth-order valence-electron chi connectivity index (χ4n) is 16.4. The summed E-state index contributed by atoms with van der Waals surface area (Å²) >= 11 is 0. The van der Waals surface area contributed by atoms with Crippen LogP contribution in [0.15, 0.2) is 12.1 Å². The molecule has 88 heavy (non-hydrogen) atoms. The van der Waals surface area contributed by atoms with Crippen molar-refractivity contribution in [1.82, 2.24) is 4.90 Å². The van der Waals surface area contributed by atoms with E-state index in [1.807, 2.05) is 13.0 Å². The topological polar surface area (TPSA) is 173 Å². The summed E-state index contributed by atoms with van der Waals surface area (Å²) in [4.78, 5) is 68.6. The Morgan fingerprint density at radius 2 is 1.15 bits per heavy atom. The van der Waals surface area contributed by atoms with E-state index in [4.69, 9.17) is 33.2 Å². The molecule has 1 saturated heterocycles. The number of likely N-dealkylation sites (tertiary alicyclic amines) is 1. The van der Waals surface area contributed by atoms with E-state index >= 15 is 0 Å². The average Bonchev–Trinajstić information content (AvgIpc) is 0.910. The number of aliphatic hydroxyl groups is 1. The van der Waals surface area contributed by atoms with Gasteiger partial charge in [-0.25, -0.2) is 0 Å². The zero-order valence-corrected chi connectivity index (χ0v) is 56.5. The van der Waals surface area contributed by atoms with Gasteiger partial charge in [0.25, 0.3) is 0 Å². The summed E-state index contributed by atoms with van der Waals surface area (Å²) in [7, 11) is 1.79. The van der Waals surface area contributed by atoms with Crippen LogP contribution in [-0.4, -0.2) is 109 Å². The number of hydrogen-bond acceptors (Lipinski definition) is 14. The van der Waals surface area contributed by atoms with Crippen molar-refractivity contribution in [3.05, 3.63) is 23.3 Å². The van der Waals surface area contributed by atoms with Crippen molar-refractivity contribution in [2.75, 3.05) is 40.0 Å². The molecule has 7 aliphatic rings. The van der Waals surface area contributed by atoms with Gasteiger partial charge in [0, 0.05) is 74.1 Å². The number of piperidine rings is 1. The first-order valence-corrected chi connectivity index (χ1v) is 36.1. The summed E-state index contributed by atoms with van der Waals surface area (Å²) in [5, 5.41) is 12.6. The minimum atomic E-state index is -1.05. The van der Waals surface area contributed by atoms with Gasteiger partial charge in [-0.3, -0.25) is 28.9 Å². The van der Waals surface area contributed by atoms with E-state index in [2.05, 4.69) is 45.6 Å². The third-order valence-corrected chi connectivity index (χ3v) is 22.0. The molecule has 4 saturated carbocycles.